The van der Waals surface area contributed by atoms with Crippen LogP contribution in [0.5, 0.6) is 0 Å². The average Bonchev–Trinajstić information content (AvgIpc) is 3.29. The number of rotatable bonds is 7. The van der Waals surface area contributed by atoms with Gasteiger partial charge in [-0.1, -0.05) is 188 Å². The van der Waals surface area contributed by atoms with E-state index in [2.05, 4.69) is 194 Å². The minimum absolute atomic E-state index is 0.685. The van der Waals surface area contributed by atoms with Gasteiger partial charge in [0.1, 0.15) is 0 Å². The van der Waals surface area contributed by atoms with Crippen LogP contribution in [-0.2, 0) is 0 Å². The lowest BCUT2D eigenvalue weighted by atomic mass is 9.91. The Balaban J connectivity index is 1.10. The highest BCUT2D eigenvalue weighted by molar-refractivity contribution is 6.17. The monoisotopic (exact) mass is 713 g/mol. The van der Waals surface area contributed by atoms with Crippen molar-refractivity contribution in [2.75, 3.05) is 0 Å². The first-order valence-corrected chi connectivity index (χ1v) is 18.9. The second-order valence-corrected chi connectivity index (χ2v) is 14.0. The summed E-state index contributed by atoms with van der Waals surface area (Å²) in [7, 11) is 0. The Morgan fingerprint density at radius 1 is 0.250 bits per heavy atom. The minimum atomic E-state index is 0.685. The van der Waals surface area contributed by atoms with E-state index in [1.54, 1.807) is 0 Å². The van der Waals surface area contributed by atoms with Crippen molar-refractivity contribution in [3.05, 3.63) is 212 Å². The predicted octanol–water partition coefficient (Wildman–Crippen LogP) is 13.8. The van der Waals surface area contributed by atoms with E-state index in [-0.39, 0.29) is 0 Å². The molecular weight excluding hydrogens is 679 g/mol. The van der Waals surface area contributed by atoms with Gasteiger partial charge in [-0.05, 0) is 68.4 Å². The van der Waals surface area contributed by atoms with Crippen LogP contribution in [0.4, 0.5) is 0 Å². The van der Waals surface area contributed by atoms with Gasteiger partial charge >= 0.3 is 0 Å². The molecule has 3 heteroatoms. The normalized spacial score (nSPS) is 11.2. The Bertz CT molecular complexity index is 2980. The number of fused-ring (bicyclic) bond motifs is 3. The molecule has 262 valence electrons. The van der Waals surface area contributed by atoms with E-state index in [1.807, 2.05) is 18.2 Å². The third kappa shape index (κ3) is 6.31. The number of hydrogen-bond donors (Lipinski definition) is 0. The molecule has 8 aromatic carbocycles. The molecule has 0 spiro atoms. The topological polar surface area (TPSA) is 38.7 Å². The summed E-state index contributed by atoms with van der Waals surface area (Å²) >= 11 is 0. The zero-order chi connectivity index (χ0) is 37.3. The highest BCUT2D eigenvalue weighted by Gasteiger charge is 2.16. The molecule has 3 nitrogen and oxygen atoms in total. The van der Waals surface area contributed by atoms with E-state index < -0.39 is 0 Å². The van der Waals surface area contributed by atoms with Gasteiger partial charge in [0, 0.05) is 27.6 Å². The molecular formula is C53H35N3. The van der Waals surface area contributed by atoms with Crippen molar-refractivity contribution in [3.63, 3.8) is 0 Å². The van der Waals surface area contributed by atoms with Crippen LogP contribution in [-0.4, -0.2) is 15.0 Å². The summed E-state index contributed by atoms with van der Waals surface area (Å²) in [5.74, 6) is 0.685. The number of hydrogen-bond acceptors (Lipinski definition) is 3. The SMILES string of the molecule is c1ccc(-c2ccc(-c3cc(-c4ccccc4)nc(-c4cccc(-c5cccc6c5ccc5nc(-c7ccccc7)cc(-c7ccccc7)c56)c4)n3)cc2)cc1. The highest BCUT2D eigenvalue weighted by atomic mass is 14.9. The summed E-state index contributed by atoms with van der Waals surface area (Å²) in [6.07, 6.45) is 0. The molecule has 0 saturated heterocycles. The lowest BCUT2D eigenvalue weighted by Gasteiger charge is -2.15. The summed E-state index contributed by atoms with van der Waals surface area (Å²) in [6.45, 7) is 0. The second-order valence-electron chi connectivity index (χ2n) is 14.0. The summed E-state index contributed by atoms with van der Waals surface area (Å²) in [6, 6.07) is 74.5. The van der Waals surface area contributed by atoms with Crippen molar-refractivity contribution in [1.82, 2.24) is 15.0 Å². The average molecular weight is 714 g/mol. The third-order valence-electron chi connectivity index (χ3n) is 10.5. The Kier molecular flexibility index (Phi) is 8.51. The molecule has 0 unspecified atom stereocenters. The summed E-state index contributed by atoms with van der Waals surface area (Å²) in [5.41, 5.74) is 14.8. The highest BCUT2D eigenvalue weighted by Crippen LogP contribution is 2.40. The maximum absolute atomic E-state index is 5.21. The fraction of sp³-hybridized carbons (Fsp3) is 0. The predicted molar refractivity (Wildman–Crippen MR) is 233 cm³/mol. The van der Waals surface area contributed by atoms with E-state index in [0.717, 1.165) is 66.9 Å². The molecule has 10 rings (SSSR count). The number of nitrogens with zero attached hydrogens (tertiary/aromatic N) is 3. The van der Waals surface area contributed by atoms with Gasteiger partial charge in [-0.25, -0.2) is 15.0 Å². The van der Waals surface area contributed by atoms with Crippen molar-refractivity contribution < 1.29 is 0 Å². The van der Waals surface area contributed by atoms with E-state index in [1.165, 1.54) is 27.5 Å². The largest absolute Gasteiger partial charge is 0.248 e. The van der Waals surface area contributed by atoms with Crippen molar-refractivity contribution >= 4 is 21.7 Å². The van der Waals surface area contributed by atoms with Crippen LogP contribution in [0.25, 0.3) is 100 Å². The zero-order valence-corrected chi connectivity index (χ0v) is 30.5. The van der Waals surface area contributed by atoms with Crippen molar-refractivity contribution in [1.29, 1.82) is 0 Å². The van der Waals surface area contributed by atoms with E-state index in [4.69, 9.17) is 15.0 Å². The molecule has 0 aliphatic rings. The Hall–Kier alpha value is -7.49. The standard InChI is InChI=1S/C53H35N3/c1-5-15-36(16-6-1)37-27-29-41(30-28-37)51-35-50(40-21-11-4-12-22-40)55-53(56-51)43-24-13-23-42(33-43)44-25-14-26-46-45(44)31-32-48-52(46)47(38-17-7-2-8-18-38)34-49(54-48)39-19-9-3-10-20-39/h1-35H. The molecule has 0 aliphatic heterocycles. The molecule has 0 aliphatic carbocycles. The van der Waals surface area contributed by atoms with E-state index in [9.17, 15) is 0 Å². The molecule has 0 N–H and O–H groups in total. The number of aromatic nitrogens is 3. The number of pyridine rings is 1. The van der Waals surface area contributed by atoms with Crippen LogP contribution >= 0.6 is 0 Å². The van der Waals surface area contributed by atoms with Crippen LogP contribution < -0.4 is 0 Å². The van der Waals surface area contributed by atoms with Gasteiger partial charge in [-0.2, -0.15) is 0 Å². The molecule has 56 heavy (non-hydrogen) atoms. The lowest BCUT2D eigenvalue weighted by Crippen LogP contribution is -1.96. The van der Waals surface area contributed by atoms with Crippen molar-refractivity contribution in [3.8, 4) is 78.5 Å². The van der Waals surface area contributed by atoms with Gasteiger partial charge in [0.05, 0.1) is 22.6 Å². The lowest BCUT2D eigenvalue weighted by molar-refractivity contribution is 1.18. The maximum atomic E-state index is 5.21. The summed E-state index contributed by atoms with van der Waals surface area (Å²) in [5, 5.41) is 3.48. The third-order valence-corrected chi connectivity index (χ3v) is 10.5. The summed E-state index contributed by atoms with van der Waals surface area (Å²) < 4.78 is 0. The van der Waals surface area contributed by atoms with Gasteiger partial charge in [0.25, 0.3) is 0 Å². The van der Waals surface area contributed by atoms with Crippen molar-refractivity contribution in [2.45, 2.75) is 0 Å². The molecule has 2 aromatic heterocycles. The van der Waals surface area contributed by atoms with Crippen LogP contribution in [0.3, 0.4) is 0 Å². The van der Waals surface area contributed by atoms with Gasteiger partial charge < -0.3 is 0 Å². The first-order valence-electron chi connectivity index (χ1n) is 18.9. The summed E-state index contributed by atoms with van der Waals surface area (Å²) in [4.78, 5) is 15.6. The maximum Gasteiger partial charge on any atom is 0.160 e. The van der Waals surface area contributed by atoms with Gasteiger partial charge in [-0.15, -0.1) is 0 Å². The van der Waals surface area contributed by atoms with Crippen LogP contribution in [0, 0.1) is 0 Å². The smallest absolute Gasteiger partial charge is 0.160 e. The van der Waals surface area contributed by atoms with Crippen LogP contribution in [0.2, 0.25) is 0 Å². The Morgan fingerprint density at radius 3 is 1.38 bits per heavy atom. The van der Waals surface area contributed by atoms with Gasteiger partial charge in [0.15, 0.2) is 5.82 Å². The molecule has 2 heterocycles. The van der Waals surface area contributed by atoms with Gasteiger partial charge in [-0.3, -0.25) is 0 Å². The quantitative estimate of drug-likeness (QED) is 0.154. The number of benzene rings is 8. The van der Waals surface area contributed by atoms with Crippen LogP contribution in [0.1, 0.15) is 0 Å². The Labute approximate surface area is 326 Å². The Morgan fingerprint density at radius 2 is 0.732 bits per heavy atom. The van der Waals surface area contributed by atoms with Crippen LogP contribution in [0.15, 0.2) is 212 Å². The molecule has 0 fully saturated rings. The van der Waals surface area contributed by atoms with Crippen molar-refractivity contribution in [2.24, 2.45) is 0 Å². The molecule has 0 bridgehead atoms. The molecule has 0 amide bonds. The molecule has 10 aromatic rings. The molecule has 0 radical (unpaired) electrons. The molecule has 0 atom stereocenters. The first kappa shape index (κ1) is 33.1. The second kappa shape index (κ2) is 14.4. The first-order chi connectivity index (χ1) is 27.7. The van der Waals surface area contributed by atoms with E-state index in [0.29, 0.717) is 5.82 Å². The fourth-order valence-electron chi connectivity index (χ4n) is 7.72. The van der Waals surface area contributed by atoms with E-state index >= 15 is 0 Å². The fourth-order valence-corrected chi connectivity index (χ4v) is 7.72. The minimum Gasteiger partial charge on any atom is -0.248 e. The molecule has 0 saturated carbocycles. The van der Waals surface area contributed by atoms with Gasteiger partial charge in [0.2, 0.25) is 0 Å². The zero-order valence-electron chi connectivity index (χ0n) is 30.5.